The minimum Gasteiger partial charge on any atom is -0.460 e. The highest BCUT2D eigenvalue weighted by Gasteiger charge is 2.70. The minimum atomic E-state index is -1.09. The predicted molar refractivity (Wildman–Crippen MR) is 230 cm³/mol. The fourth-order valence-electron chi connectivity index (χ4n) is 14.8. The van der Waals surface area contributed by atoms with Crippen LogP contribution >= 0.6 is 12.6 Å². The van der Waals surface area contributed by atoms with Crippen molar-refractivity contribution in [1.82, 2.24) is 10.6 Å². The van der Waals surface area contributed by atoms with Gasteiger partial charge in [0.05, 0.1) is 12.0 Å². The van der Waals surface area contributed by atoms with Gasteiger partial charge in [0.25, 0.3) is 0 Å². The maximum Gasteiger partial charge on any atom is 0.315 e. The molecule has 5 nitrogen and oxygen atoms in total. The normalized spacial score (nSPS) is 40.6. The second kappa shape index (κ2) is 15.9. The summed E-state index contributed by atoms with van der Waals surface area (Å²) in [4.78, 5) is 13.4. The van der Waals surface area contributed by atoms with E-state index in [2.05, 4.69) is 83.5 Å². The van der Waals surface area contributed by atoms with Crippen molar-refractivity contribution >= 4 is 18.6 Å². The Kier molecular flexibility index (Phi) is 12.0. The van der Waals surface area contributed by atoms with Crippen LogP contribution in [-0.2, 0) is 16.1 Å². The Morgan fingerprint density at radius 1 is 0.946 bits per heavy atom. The van der Waals surface area contributed by atoms with Gasteiger partial charge in [0.2, 0.25) is 0 Å². The number of benzene rings is 1. The largest absolute Gasteiger partial charge is 0.460 e. The highest BCUT2D eigenvalue weighted by atomic mass is 32.1. The number of halogens is 1. The Bertz CT molecular complexity index is 1670. The van der Waals surface area contributed by atoms with Gasteiger partial charge in [-0.1, -0.05) is 89.3 Å². The van der Waals surface area contributed by atoms with E-state index in [4.69, 9.17) is 4.74 Å². The van der Waals surface area contributed by atoms with E-state index >= 15 is 0 Å². The number of nitrogens with one attached hydrogen (secondary N) is 2. The fourth-order valence-corrected chi connectivity index (χ4v) is 15.0. The van der Waals surface area contributed by atoms with E-state index in [1.54, 1.807) is 0 Å². The Labute approximate surface area is 344 Å². The van der Waals surface area contributed by atoms with Crippen molar-refractivity contribution < 1.29 is 19.0 Å². The van der Waals surface area contributed by atoms with Gasteiger partial charge < -0.3 is 20.5 Å². The molecule has 0 radical (unpaired) electrons. The van der Waals surface area contributed by atoms with E-state index in [9.17, 15) is 14.3 Å². The molecular formula is C49H73FN2O3S. The van der Waals surface area contributed by atoms with Crippen LogP contribution in [0.1, 0.15) is 124 Å². The van der Waals surface area contributed by atoms with E-state index in [-0.39, 0.29) is 46.5 Å². The van der Waals surface area contributed by atoms with Crippen LogP contribution < -0.4 is 10.6 Å². The SMILES string of the molecule is C=C(C)[C@@H]1CC[C@]2(NCCNC(CO)CS)CC[C@]3(C)[C@H](CC[C@@H]4[C@@]5(C)CC=C(C6=CC[C@@](CF)(C(=O)OCc7ccccc7)CC6)C(C)(C)[C@@H]5CC[C@]43C)[C@@H]12. The first-order valence-corrected chi connectivity index (χ1v) is 22.8. The Balaban J connectivity index is 1.10. The van der Waals surface area contributed by atoms with E-state index in [1.165, 1.54) is 68.1 Å². The van der Waals surface area contributed by atoms with Gasteiger partial charge >= 0.3 is 5.97 Å². The highest BCUT2D eigenvalue weighted by molar-refractivity contribution is 7.80. The van der Waals surface area contributed by atoms with Gasteiger partial charge in [-0.3, -0.25) is 4.79 Å². The first kappa shape index (κ1) is 42.2. The van der Waals surface area contributed by atoms with Crippen molar-refractivity contribution in [3.8, 4) is 0 Å². The number of aliphatic hydroxyl groups excluding tert-OH is 1. The summed E-state index contributed by atoms with van der Waals surface area (Å²) in [6, 6.07) is 9.72. The number of hydrogen-bond donors (Lipinski definition) is 4. The van der Waals surface area contributed by atoms with Crippen molar-refractivity contribution in [2.24, 2.45) is 56.7 Å². The molecule has 0 heterocycles. The molecule has 0 bridgehead atoms. The van der Waals surface area contributed by atoms with E-state index in [0.717, 1.165) is 31.5 Å². The first-order chi connectivity index (χ1) is 26.6. The number of aliphatic hydroxyl groups is 1. The number of hydrogen-bond acceptors (Lipinski definition) is 6. The molecule has 310 valence electrons. The molecule has 0 saturated heterocycles. The number of carbonyl (C=O) groups is 1. The Hall–Kier alpha value is -1.93. The number of alkyl halides is 1. The molecule has 4 saturated carbocycles. The third-order valence-electron chi connectivity index (χ3n) is 18.0. The predicted octanol–water partition coefficient (Wildman–Crippen LogP) is 10.2. The maximum atomic E-state index is 14.8. The standard InChI is InChI=1S/C49H73FN2O3S/c1-33(2)37-17-24-49(52-28-27-51-36(29-53)31-56)26-25-46(6)39(42(37)49)13-14-41-45(5)20-18-38(44(3,4)40(45)19-21-47(41,46)7)35-15-22-48(32-50,23-16-35)43(54)55-30-34-11-9-8-10-12-34/h8-12,15,18,36-37,39-42,51-53,56H,1,13-14,16-17,19-32H2,2-7H3/t36?,37-,39+,40-,41+,42+,45-,46+,47+,48+,49-/m0/s1. The van der Waals surface area contributed by atoms with Gasteiger partial charge in [-0.25, -0.2) is 4.39 Å². The minimum absolute atomic E-state index is 0.000376. The van der Waals surface area contributed by atoms with Crippen LogP contribution in [0.2, 0.25) is 0 Å². The van der Waals surface area contributed by atoms with Gasteiger partial charge in [0, 0.05) is 30.4 Å². The van der Waals surface area contributed by atoms with Crippen molar-refractivity contribution in [2.45, 2.75) is 137 Å². The second-order valence-corrected chi connectivity index (χ2v) is 21.1. The van der Waals surface area contributed by atoms with Gasteiger partial charge in [0.15, 0.2) is 0 Å². The summed E-state index contributed by atoms with van der Waals surface area (Å²) in [7, 11) is 0. The molecule has 4 fully saturated rings. The molecular weight excluding hydrogens is 716 g/mol. The molecule has 0 spiro atoms. The molecule has 1 aromatic rings. The maximum absolute atomic E-state index is 14.8. The molecule has 0 aromatic heterocycles. The summed E-state index contributed by atoms with van der Waals surface area (Å²) in [5.41, 5.74) is 4.90. The van der Waals surface area contributed by atoms with Crippen molar-refractivity contribution in [2.75, 3.05) is 32.1 Å². The fraction of sp³-hybridized carbons (Fsp3) is 0.735. The molecule has 56 heavy (non-hydrogen) atoms. The average Bonchev–Trinajstić information content (AvgIpc) is 3.58. The third kappa shape index (κ3) is 6.82. The van der Waals surface area contributed by atoms with Crippen LogP contribution in [0, 0.1) is 56.7 Å². The lowest BCUT2D eigenvalue weighted by Crippen LogP contribution is -2.68. The molecule has 0 aliphatic heterocycles. The van der Waals surface area contributed by atoms with Crippen LogP contribution in [0.3, 0.4) is 0 Å². The lowest BCUT2D eigenvalue weighted by molar-refractivity contribution is -0.221. The monoisotopic (exact) mass is 789 g/mol. The van der Waals surface area contributed by atoms with Crippen LogP contribution in [0.5, 0.6) is 0 Å². The number of ether oxygens (including phenoxy) is 1. The smallest absolute Gasteiger partial charge is 0.315 e. The average molecular weight is 789 g/mol. The summed E-state index contributed by atoms with van der Waals surface area (Å²) in [5, 5.41) is 17.4. The first-order valence-electron chi connectivity index (χ1n) is 22.2. The Morgan fingerprint density at radius 3 is 2.38 bits per heavy atom. The van der Waals surface area contributed by atoms with Gasteiger partial charge in [0.1, 0.15) is 13.3 Å². The molecule has 7 rings (SSSR count). The quantitative estimate of drug-likeness (QED) is 0.0694. The number of allylic oxidation sites excluding steroid dienone is 5. The van der Waals surface area contributed by atoms with Crippen LogP contribution in [-0.4, -0.2) is 54.8 Å². The topological polar surface area (TPSA) is 70.6 Å². The number of esters is 1. The van der Waals surface area contributed by atoms with Gasteiger partial charge in [-0.05, 0) is 152 Å². The van der Waals surface area contributed by atoms with Crippen molar-refractivity contribution in [3.63, 3.8) is 0 Å². The van der Waals surface area contributed by atoms with Crippen LogP contribution in [0.15, 0.2) is 65.8 Å². The molecule has 1 unspecified atom stereocenters. The summed E-state index contributed by atoms with van der Waals surface area (Å²) in [6.45, 7) is 21.4. The lowest BCUT2D eigenvalue weighted by atomic mass is 9.33. The molecule has 1 aromatic carbocycles. The van der Waals surface area contributed by atoms with E-state index < -0.39 is 18.1 Å². The second-order valence-electron chi connectivity index (χ2n) is 20.7. The van der Waals surface area contributed by atoms with Crippen molar-refractivity contribution in [1.29, 1.82) is 0 Å². The summed E-state index contributed by atoms with van der Waals surface area (Å²) in [5.74, 6) is 3.33. The molecule has 6 aliphatic carbocycles. The molecule has 0 amide bonds. The van der Waals surface area contributed by atoms with Crippen LogP contribution in [0.4, 0.5) is 4.39 Å². The third-order valence-corrected chi connectivity index (χ3v) is 18.4. The number of thiol groups is 1. The summed E-state index contributed by atoms with van der Waals surface area (Å²) in [6.07, 6.45) is 17.6. The van der Waals surface area contributed by atoms with Crippen molar-refractivity contribution in [3.05, 3.63) is 71.3 Å². The molecule has 11 atom stereocenters. The molecule has 3 N–H and O–H groups in total. The van der Waals surface area contributed by atoms with Crippen LogP contribution in [0.25, 0.3) is 0 Å². The van der Waals surface area contributed by atoms with Gasteiger partial charge in [-0.15, -0.1) is 0 Å². The molecule has 6 aliphatic rings. The highest BCUT2D eigenvalue weighted by Crippen LogP contribution is 2.76. The molecule has 7 heteroatoms. The van der Waals surface area contributed by atoms with E-state index in [1.807, 2.05) is 30.3 Å². The zero-order valence-corrected chi connectivity index (χ0v) is 36.4. The lowest BCUT2D eigenvalue weighted by Gasteiger charge is -2.72. The zero-order valence-electron chi connectivity index (χ0n) is 35.5. The number of rotatable bonds is 13. The zero-order chi connectivity index (χ0) is 40.1. The van der Waals surface area contributed by atoms with E-state index in [0.29, 0.717) is 48.2 Å². The summed E-state index contributed by atoms with van der Waals surface area (Å²) >= 11 is 4.42. The summed E-state index contributed by atoms with van der Waals surface area (Å²) < 4.78 is 20.5. The Morgan fingerprint density at radius 2 is 1.71 bits per heavy atom. The number of fused-ring (bicyclic) bond motifs is 7. The number of carbonyl (C=O) groups excluding carboxylic acids is 1. The van der Waals surface area contributed by atoms with Gasteiger partial charge in [-0.2, -0.15) is 12.6 Å².